The molecule has 2 rings (SSSR count). The molecule has 1 N–H and O–H groups in total. The minimum atomic E-state index is -0.902. The van der Waals surface area contributed by atoms with Crippen LogP contribution in [0.3, 0.4) is 0 Å². The zero-order valence-corrected chi connectivity index (χ0v) is 9.16. The molecule has 1 aliphatic heterocycles. The Bertz CT molecular complexity index is 394. The lowest BCUT2D eigenvalue weighted by atomic mass is 10.1. The van der Waals surface area contributed by atoms with Gasteiger partial charge in [0.2, 0.25) is 0 Å². The first kappa shape index (κ1) is 10.2. The molecule has 4 heteroatoms. The number of carboxylic acid groups (broad SMARTS) is 1. The first-order valence-corrected chi connectivity index (χ1v) is 5.44. The average Bonchev–Trinajstić information content (AvgIpc) is 2.56. The van der Waals surface area contributed by atoms with E-state index in [1.807, 2.05) is 13.8 Å². The predicted octanol–water partition coefficient (Wildman–Crippen LogP) is 2.04. The molecule has 0 amide bonds. The molecule has 0 spiro atoms. The number of rotatable bonds is 2. The number of aromatic nitrogens is 2. The van der Waals surface area contributed by atoms with Crippen molar-refractivity contribution in [3.05, 3.63) is 17.2 Å². The Kier molecular flexibility index (Phi) is 2.50. The van der Waals surface area contributed by atoms with Crippen LogP contribution in [0.4, 0.5) is 0 Å². The highest BCUT2D eigenvalue weighted by Gasteiger charge is 2.24. The fraction of sp³-hybridized carbons (Fsp3) is 0.636. The maximum atomic E-state index is 11.1. The van der Waals surface area contributed by atoms with Crippen molar-refractivity contribution in [2.24, 2.45) is 0 Å². The second-order valence-corrected chi connectivity index (χ2v) is 4.33. The van der Waals surface area contributed by atoms with E-state index in [1.165, 1.54) is 0 Å². The van der Waals surface area contributed by atoms with E-state index >= 15 is 0 Å². The van der Waals surface area contributed by atoms with Crippen molar-refractivity contribution in [1.82, 2.24) is 9.55 Å². The highest BCUT2D eigenvalue weighted by Crippen LogP contribution is 2.25. The van der Waals surface area contributed by atoms with Gasteiger partial charge in [-0.3, -0.25) is 0 Å². The average molecular weight is 208 g/mol. The molecule has 1 aromatic heterocycles. The van der Waals surface area contributed by atoms with Crippen LogP contribution in [0, 0.1) is 0 Å². The lowest BCUT2D eigenvalue weighted by Crippen LogP contribution is -2.14. The summed E-state index contributed by atoms with van der Waals surface area (Å²) in [7, 11) is 0. The quantitative estimate of drug-likeness (QED) is 0.809. The van der Waals surface area contributed by atoms with Crippen LogP contribution < -0.4 is 0 Å². The number of hydrogen-bond donors (Lipinski definition) is 1. The fourth-order valence-corrected chi connectivity index (χ4v) is 2.25. The number of nitrogens with zero attached hydrogens (tertiary/aromatic N) is 2. The molecule has 0 atom stereocenters. The minimum absolute atomic E-state index is 0.218. The molecule has 1 aliphatic rings. The summed E-state index contributed by atoms with van der Waals surface area (Å²) in [5.41, 5.74) is 1.14. The van der Waals surface area contributed by atoms with Gasteiger partial charge in [0, 0.05) is 13.0 Å². The van der Waals surface area contributed by atoms with Gasteiger partial charge >= 0.3 is 5.97 Å². The Morgan fingerprint density at radius 3 is 2.80 bits per heavy atom. The topological polar surface area (TPSA) is 55.1 Å². The second-order valence-electron chi connectivity index (χ2n) is 4.33. The van der Waals surface area contributed by atoms with Crippen molar-refractivity contribution in [2.75, 3.05) is 0 Å². The summed E-state index contributed by atoms with van der Waals surface area (Å²) < 4.78 is 2.09. The number of hydrogen-bond acceptors (Lipinski definition) is 2. The van der Waals surface area contributed by atoms with Crippen LogP contribution in [0.5, 0.6) is 0 Å². The molecule has 0 radical (unpaired) electrons. The number of carboxylic acids is 1. The van der Waals surface area contributed by atoms with Crippen LogP contribution in [0.15, 0.2) is 0 Å². The summed E-state index contributed by atoms with van der Waals surface area (Å²) in [5.74, 6) is 0.262. The molecular weight excluding hydrogens is 192 g/mol. The molecule has 82 valence electrons. The predicted molar refractivity (Wildman–Crippen MR) is 56.2 cm³/mol. The van der Waals surface area contributed by atoms with E-state index in [9.17, 15) is 4.79 Å². The van der Waals surface area contributed by atoms with E-state index in [2.05, 4.69) is 9.55 Å². The van der Waals surface area contributed by atoms with Gasteiger partial charge < -0.3 is 9.67 Å². The van der Waals surface area contributed by atoms with Gasteiger partial charge in [0.1, 0.15) is 5.82 Å². The highest BCUT2D eigenvalue weighted by atomic mass is 16.4. The van der Waals surface area contributed by atoms with Gasteiger partial charge in [-0.05, 0) is 18.8 Å². The number of aryl methyl sites for hydroxylation is 1. The molecule has 0 fully saturated rings. The van der Waals surface area contributed by atoms with Gasteiger partial charge in [0.05, 0.1) is 5.69 Å². The van der Waals surface area contributed by atoms with Crippen molar-refractivity contribution >= 4 is 5.97 Å². The highest BCUT2D eigenvalue weighted by molar-refractivity contribution is 5.87. The number of aromatic carboxylic acids is 1. The Morgan fingerprint density at radius 1 is 1.47 bits per heavy atom. The van der Waals surface area contributed by atoms with Gasteiger partial charge in [-0.1, -0.05) is 13.8 Å². The van der Waals surface area contributed by atoms with Crippen LogP contribution in [-0.2, 0) is 13.0 Å². The summed E-state index contributed by atoms with van der Waals surface area (Å²) in [6.45, 7) is 4.96. The third-order valence-corrected chi connectivity index (χ3v) is 2.87. The molecule has 0 aromatic carbocycles. The minimum Gasteiger partial charge on any atom is -0.476 e. The van der Waals surface area contributed by atoms with E-state index in [1.54, 1.807) is 0 Å². The second kappa shape index (κ2) is 3.68. The maximum absolute atomic E-state index is 11.1. The molecule has 0 saturated carbocycles. The van der Waals surface area contributed by atoms with E-state index in [0.717, 1.165) is 37.3 Å². The first-order valence-electron chi connectivity index (χ1n) is 5.44. The molecule has 0 aliphatic carbocycles. The molecule has 2 heterocycles. The van der Waals surface area contributed by atoms with Gasteiger partial charge in [-0.2, -0.15) is 0 Å². The number of imidazole rings is 1. The molecule has 0 bridgehead atoms. The molecule has 1 aromatic rings. The molecule has 15 heavy (non-hydrogen) atoms. The van der Waals surface area contributed by atoms with Crippen molar-refractivity contribution < 1.29 is 9.90 Å². The summed E-state index contributed by atoms with van der Waals surface area (Å²) in [5, 5.41) is 9.09. The fourth-order valence-electron chi connectivity index (χ4n) is 2.25. The van der Waals surface area contributed by atoms with E-state index in [4.69, 9.17) is 5.11 Å². The van der Waals surface area contributed by atoms with Gasteiger partial charge in [0.15, 0.2) is 5.69 Å². The van der Waals surface area contributed by atoms with Gasteiger partial charge in [0.25, 0.3) is 0 Å². The Morgan fingerprint density at radius 2 is 2.20 bits per heavy atom. The van der Waals surface area contributed by atoms with Crippen molar-refractivity contribution in [3.8, 4) is 0 Å². The van der Waals surface area contributed by atoms with E-state index in [0.29, 0.717) is 0 Å². The third-order valence-electron chi connectivity index (χ3n) is 2.87. The van der Waals surface area contributed by atoms with Crippen molar-refractivity contribution in [1.29, 1.82) is 0 Å². The van der Waals surface area contributed by atoms with Crippen LogP contribution in [0.25, 0.3) is 0 Å². The summed E-state index contributed by atoms with van der Waals surface area (Å²) >= 11 is 0. The summed E-state index contributed by atoms with van der Waals surface area (Å²) in [4.78, 5) is 15.3. The van der Waals surface area contributed by atoms with Crippen LogP contribution >= 0.6 is 0 Å². The SMILES string of the molecule is CC(C)c1c(C(=O)O)nc2n1CCCC2. The van der Waals surface area contributed by atoms with Crippen molar-refractivity contribution in [3.63, 3.8) is 0 Å². The van der Waals surface area contributed by atoms with Gasteiger partial charge in [-0.25, -0.2) is 9.78 Å². The lowest BCUT2D eigenvalue weighted by Gasteiger charge is -2.17. The zero-order valence-electron chi connectivity index (χ0n) is 9.16. The van der Waals surface area contributed by atoms with Crippen LogP contribution in [0.1, 0.15) is 54.6 Å². The Balaban J connectivity index is 2.56. The lowest BCUT2D eigenvalue weighted by molar-refractivity contribution is 0.0689. The normalized spacial score (nSPS) is 15.4. The smallest absolute Gasteiger partial charge is 0.356 e. The molecule has 0 unspecified atom stereocenters. The number of fused-ring (bicyclic) bond motifs is 1. The van der Waals surface area contributed by atoms with E-state index < -0.39 is 5.97 Å². The summed E-state index contributed by atoms with van der Waals surface area (Å²) in [6.07, 6.45) is 3.16. The first-order chi connectivity index (χ1) is 7.11. The molecule has 0 saturated heterocycles. The third kappa shape index (κ3) is 1.64. The van der Waals surface area contributed by atoms with Gasteiger partial charge in [-0.15, -0.1) is 0 Å². The maximum Gasteiger partial charge on any atom is 0.356 e. The Hall–Kier alpha value is -1.32. The number of carbonyl (C=O) groups is 1. The summed E-state index contributed by atoms with van der Waals surface area (Å²) in [6, 6.07) is 0. The van der Waals surface area contributed by atoms with E-state index in [-0.39, 0.29) is 11.6 Å². The zero-order chi connectivity index (χ0) is 11.0. The molecular formula is C11H16N2O2. The monoisotopic (exact) mass is 208 g/mol. The van der Waals surface area contributed by atoms with Crippen molar-refractivity contribution in [2.45, 2.75) is 45.6 Å². The standard InChI is InChI=1S/C11H16N2O2/c1-7(2)10-9(11(14)15)12-8-5-3-4-6-13(8)10/h7H,3-6H2,1-2H3,(H,14,15). The van der Waals surface area contributed by atoms with Crippen LogP contribution in [0.2, 0.25) is 0 Å². The Labute approximate surface area is 88.9 Å². The largest absolute Gasteiger partial charge is 0.476 e. The van der Waals surface area contributed by atoms with Crippen LogP contribution in [-0.4, -0.2) is 20.6 Å². The molecule has 4 nitrogen and oxygen atoms in total.